The number of carbonyl (C=O) groups excluding carboxylic acids is 1. The number of rotatable bonds is 3. The zero-order valence-electron chi connectivity index (χ0n) is 9.53. The van der Waals surface area contributed by atoms with Crippen LogP contribution in [-0.4, -0.2) is 15.9 Å². The minimum absolute atomic E-state index is 0.0753. The Hall–Kier alpha value is -1.72. The van der Waals surface area contributed by atoms with E-state index in [1.165, 1.54) is 18.2 Å². The van der Waals surface area contributed by atoms with E-state index in [0.717, 1.165) is 0 Å². The van der Waals surface area contributed by atoms with E-state index >= 15 is 0 Å². The molecule has 0 aliphatic carbocycles. The molecule has 98 valence electrons. The first-order valence-corrected chi connectivity index (χ1v) is 6.03. The number of carbonyl (C=O) groups is 1. The minimum atomic E-state index is -0.434. The smallest absolute Gasteiger partial charge is 0.230 e. The van der Waals surface area contributed by atoms with Crippen molar-refractivity contribution in [2.24, 2.45) is 0 Å². The van der Waals surface area contributed by atoms with E-state index in [0.29, 0.717) is 5.56 Å². The van der Waals surface area contributed by atoms with Crippen molar-refractivity contribution in [3.8, 4) is 0 Å². The first-order valence-electron chi connectivity index (χ1n) is 5.28. The van der Waals surface area contributed by atoms with Crippen LogP contribution >= 0.6 is 23.2 Å². The number of nitrogens with one attached hydrogen (secondary N) is 1. The zero-order valence-corrected chi connectivity index (χ0v) is 11.0. The fraction of sp³-hybridized carbons (Fsp3) is 0.0833. The molecule has 4 nitrogen and oxygen atoms in total. The third-order valence-electron chi connectivity index (χ3n) is 2.24. The van der Waals surface area contributed by atoms with Gasteiger partial charge in [0.25, 0.3) is 0 Å². The van der Waals surface area contributed by atoms with Gasteiger partial charge in [-0.1, -0.05) is 29.8 Å². The number of halogens is 3. The SMILES string of the molecule is O=C(Cc1ccccc1F)Nc1cc(Cl)nc(Cl)n1. The van der Waals surface area contributed by atoms with E-state index in [2.05, 4.69) is 15.3 Å². The summed E-state index contributed by atoms with van der Waals surface area (Å²) < 4.78 is 13.4. The average molecular weight is 300 g/mol. The molecule has 0 bridgehead atoms. The van der Waals surface area contributed by atoms with Crippen LogP contribution in [0.2, 0.25) is 10.4 Å². The molecule has 0 aliphatic rings. The van der Waals surface area contributed by atoms with Gasteiger partial charge in [0.05, 0.1) is 6.42 Å². The largest absolute Gasteiger partial charge is 0.310 e. The molecule has 0 fully saturated rings. The van der Waals surface area contributed by atoms with Crippen LogP contribution in [0.3, 0.4) is 0 Å². The molecular formula is C12H8Cl2FN3O. The third-order valence-corrected chi connectivity index (χ3v) is 2.61. The molecule has 19 heavy (non-hydrogen) atoms. The lowest BCUT2D eigenvalue weighted by atomic mass is 10.1. The maximum atomic E-state index is 13.4. The molecule has 1 aromatic carbocycles. The van der Waals surface area contributed by atoms with Gasteiger partial charge in [0.15, 0.2) is 0 Å². The number of anilines is 1. The molecular weight excluding hydrogens is 292 g/mol. The number of aromatic nitrogens is 2. The van der Waals surface area contributed by atoms with Crippen LogP contribution in [0.1, 0.15) is 5.56 Å². The second-order valence-electron chi connectivity index (χ2n) is 3.66. The molecule has 1 amide bonds. The van der Waals surface area contributed by atoms with Crippen LogP contribution < -0.4 is 5.32 Å². The molecule has 1 aromatic heterocycles. The van der Waals surface area contributed by atoms with Gasteiger partial charge >= 0.3 is 0 Å². The minimum Gasteiger partial charge on any atom is -0.310 e. The molecule has 1 N–H and O–H groups in total. The molecule has 0 unspecified atom stereocenters. The van der Waals surface area contributed by atoms with Gasteiger partial charge in [0, 0.05) is 6.07 Å². The van der Waals surface area contributed by atoms with E-state index in [1.54, 1.807) is 12.1 Å². The zero-order chi connectivity index (χ0) is 13.8. The van der Waals surface area contributed by atoms with E-state index in [4.69, 9.17) is 23.2 Å². The van der Waals surface area contributed by atoms with Crippen LogP contribution in [0, 0.1) is 5.82 Å². The molecule has 1 heterocycles. The predicted molar refractivity (Wildman–Crippen MR) is 70.8 cm³/mol. The van der Waals surface area contributed by atoms with Gasteiger partial charge in [-0.15, -0.1) is 0 Å². The fourth-order valence-corrected chi connectivity index (χ4v) is 1.86. The summed E-state index contributed by atoms with van der Waals surface area (Å²) in [5.41, 5.74) is 0.297. The number of amides is 1. The van der Waals surface area contributed by atoms with Crippen molar-refractivity contribution in [3.63, 3.8) is 0 Å². The van der Waals surface area contributed by atoms with Crippen molar-refractivity contribution in [3.05, 3.63) is 52.1 Å². The maximum absolute atomic E-state index is 13.4. The monoisotopic (exact) mass is 299 g/mol. The highest BCUT2D eigenvalue weighted by Crippen LogP contribution is 2.15. The van der Waals surface area contributed by atoms with Gasteiger partial charge in [-0.2, -0.15) is 0 Å². The third kappa shape index (κ3) is 3.87. The Labute approximate surface area is 118 Å². The van der Waals surface area contributed by atoms with Gasteiger partial charge in [0.1, 0.15) is 16.8 Å². The molecule has 0 radical (unpaired) electrons. The molecule has 0 aliphatic heterocycles. The summed E-state index contributed by atoms with van der Waals surface area (Å²) in [6, 6.07) is 7.40. The lowest BCUT2D eigenvalue weighted by Crippen LogP contribution is -2.16. The standard InChI is InChI=1S/C12H8Cl2FN3O/c13-9-6-10(18-12(14)16-9)17-11(19)5-7-3-1-2-4-8(7)15/h1-4,6H,5H2,(H,16,17,18,19). The summed E-state index contributed by atoms with van der Waals surface area (Å²) in [5.74, 6) is -0.682. The van der Waals surface area contributed by atoms with Crippen molar-refractivity contribution in [1.29, 1.82) is 0 Å². The molecule has 0 spiro atoms. The van der Waals surface area contributed by atoms with Gasteiger partial charge in [-0.05, 0) is 23.2 Å². The summed E-state index contributed by atoms with van der Waals surface area (Å²) in [4.78, 5) is 19.2. The first-order chi connectivity index (χ1) is 9.04. The number of hydrogen-bond acceptors (Lipinski definition) is 3. The normalized spacial score (nSPS) is 10.3. The number of hydrogen-bond donors (Lipinski definition) is 1. The molecule has 2 rings (SSSR count). The molecule has 7 heteroatoms. The number of nitrogens with zero attached hydrogens (tertiary/aromatic N) is 2. The summed E-state index contributed by atoms with van der Waals surface area (Å²) in [6.07, 6.45) is -0.105. The molecule has 0 saturated heterocycles. The van der Waals surface area contributed by atoms with E-state index in [-0.39, 0.29) is 22.7 Å². The second-order valence-corrected chi connectivity index (χ2v) is 4.39. The topological polar surface area (TPSA) is 54.9 Å². The van der Waals surface area contributed by atoms with Crippen LogP contribution in [0.25, 0.3) is 0 Å². The Balaban J connectivity index is 2.07. The van der Waals surface area contributed by atoms with Gasteiger partial charge < -0.3 is 5.32 Å². The molecule has 0 atom stereocenters. The van der Waals surface area contributed by atoms with E-state index in [1.807, 2.05) is 0 Å². The Morgan fingerprint density at radius 1 is 1.26 bits per heavy atom. The predicted octanol–water partition coefficient (Wildman–Crippen LogP) is 3.10. The van der Waals surface area contributed by atoms with Crippen LogP contribution in [-0.2, 0) is 11.2 Å². The van der Waals surface area contributed by atoms with Crippen molar-refractivity contribution < 1.29 is 9.18 Å². The van der Waals surface area contributed by atoms with Crippen molar-refractivity contribution >= 4 is 34.9 Å². The summed E-state index contributed by atoms with van der Waals surface area (Å²) in [7, 11) is 0. The van der Waals surface area contributed by atoms with Gasteiger partial charge in [0.2, 0.25) is 11.2 Å². The van der Waals surface area contributed by atoms with Crippen molar-refractivity contribution in [2.45, 2.75) is 6.42 Å². The Kier molecular flexibility index (Phi) is 4.29. The highest BCUT2D eigenvalue weighted by molar-refractivity contribution is 6.32. The van der Waals surface area contributed by atoms with Crippen molar-refractivity contribution in [2.75, 3.05) is 5.32 Å². The highest BCUT2D eigenvalue weighted by atomic mass is 35.5. The Bertz CT molecular complexity index is 601. The fourth-order valence-electron chi connectivity index (χ4n) is 1.46. The highest BCUT2D eigenvalue weighted by Gasteiger charge is 2.09. The van der Waals surface area contributed by atoms with Crippen LogP contribution in [0.15, 0.2) is 30.3 Å². The quantitative estimate of drug-likeness (QED) is 0.700. The summed E-state index contributed by atoms with van der Waals surface area (Å²) in [5, 5.41) is 2.51. The van der Waals surface area contributed by atoms with E-state index < -0.39 is 11.7 Å². The van der Waals surface area contributed by atoms with Crippen LogP contribution in [0.4, 0.5) is 10.2 Å². The van der Waals surface area contributed by atoms with E-state index in [9.17, 15) is 9.18 Å². The summed E-state index contributed by atoms with van der Waals surface area (Å²) in [6.45, 7) is 0. The Morgan fingerprint density at radius 2 is 2.00 bits per heavy atom. The molecule has 2 aromatic rings. The molecule has 0 saturated carbocycles. The Morgan fingerprint density at radius 3 is 2.68 bits per heavy atom. The van der Waals surface area contributed by atoms with Crippen molar-refractivity contribution in [1.82, 2.24) is 9.97 Å². The maximum Gasteiger partial charge on any atom is 0.230 e. The lowest BCUT2D eigenvalue weighted by molar-refractivity contribution is -0.115. The first kappa shape index (κ1) is 13.7. The number of benzene rings is 1. The van der Waals surface area contributed by atoms with Gasteiger partial charge in [-0.3, -0.25) is 4.79 Å². The second kappa shape index (κ2) is 5.95. The average Bonchev–Trinajstić information content (AvgIpc) is 2.30. The van der Waals surface area contributed by atoms with Gasteiger partial charge in [-0.25, -0.2) is 14.4 Å². The van der Waals surface area contributed by atoms with Crippen LogP contribution in [0.5, 0.6) is 0 Å². The summed E-state index contributed by atoms with van der Waals surface area (Å²) >= 11 is 11.3. The lowest BCUT2D eigenvalue weighted by Gasteiger charge is -2.05.